The van der Waals surface area contributed by atoms with Crippen LogP contribution in [0.25, 0.3) is 0 Å². The number of carbonyl (C=O) groups excluding carboxylic acids is 2. The van der Waals surface area contributed by atoms with Crippen molar-refractivity contribution in [3.05, 3.63) is 65.7 Å². The molecule has 0 bridgehead atoms. The van der Waals surface area contributed by atoms with Gasteiger partial charge < -0.3 is 15.7 Å². The summed E-state index contributed by atoms with van der Waals surface area (Å²) in [7, 11) is 0. The third-order valence-corrected chi connectivity index (χ3v) is 5.61. The van der Waals surface area contributed by atoms with E-state index in [4.69, 9.17) is 0 Å². The van der Waals surface area contributed by atoms with Gasteiger partial charge in [0.15, 0.2) is 0 Å². The number of benzene rings is 2. The molecule has 1 atom stereocenters. The van der Waals surface area contributed by atoms with Gasteiger partial charge in [0.25, 0.3) is 5.91 Å². The molecule has 1 saturated carbocycles. The number of rotatable bonds is 6. The summed E-state index contributed by atoms with van der Waals surface area (Å²) in [5, 5.41) is 15.6. The van der Waals surface area contributed by atoms with Crippen LogP contribution in [0, 0.1) is 5.92 Å². The van der Waals surface area contributed by atoms with Gasteiger partial charge in [-0.25, -0.2) is 4.79 Å². The second-order valence-electron chi connectivity index (χ2n) is 7.59. The largest absolute Gasteiger partial charge is 0.393 e. The van der Waals surface area contributed by atoms with Crippen molar-refractivity contribution >= 4 is 17.6 Å². The average Bonchev–Trinajstić information content (AvgIpc) is 3.12. The Labute approximate surface area is 164 Å². The van der Waals surface area contributed by atoms with Crippen LogP contribution in [0.5, 0.6) is 0 Å². The molecule has 6 heteroatoms. The minimum Gasteiger partial charge on any atom is -0.393 e. The number of aliphatic hydroxyl groups is 1. The maximum absolute atomic E-state index is 12.9. The molecule has 3 N–H and O–H groups in total. The van der Waals surface area contributed by atoms with Crippen LogP contribution < -0.4 is 15.5 Å². The first-order chi connectivity index (χ1) is 13.6. The highest BCUT2D eigenvalue weighted by molar-refractivity contribution is 5.98. The zero-order chi connectivity index (χ0) is 19.5. The molecule has 146 valence electrons. The van der Waals surface area contributed by atoms with Crippen LogP contribution in [0.15, 0.2) is 54.6 Å². The van der Waals surface area contributed by atoms with E-state index in [1.807, 2.05) is 24.3 Å². The number of amides is 3. The standard InChI is InChI=1S/C22H25N3O3/c26-19-13-17(14-19)20(11-15-5-2-1-3-6-15)24-21(27)16-7-4-8-18(12-16)25-10-9-23-22(25)28/h1-8,12,17,19-20,26H,9-11,13-14H2,(H,23,28)(H,24,27). The van der Waals surface area contributed by atoms with Gasteiger partial charge in [0.2, 0.25) is 0 Å². The van der Waals surface area contributed by atoms with Crippen molar-refractivity contribution < 1.29 is 14.7 Å². The lowest BCUT2D eigenvalue weighted by atomic mass is 9.75. The molecular weight excluding hydrogens is 354 g/mol. The molecule has 28 heavy (non-hydrogen) atoms. The lowest BCUT2D eigenvalue weighted by Gasteiger charge is -2.38. The van der Waals surface area contributed by atoms with Crippen molar-refractivity contribution in [2.45, 2.75) is 31.4 Å². The molecule has 1 unspecified atom stereocenters. The Morgan fingerprint density at radius 3 is 2.64 bits per heavy atom. The Morgan fingerprint density at radius 2 is 1.96 bits per heavy atom. The summed E-state index contributed by atoms with van der Waals surface area (Å²) in [6, 6.07) is 17.1. The van der Waals surface area contributed by atoms with E-state index < -0.39 is 0 Å². The summed E-state index contributed by atoms with van der Waals surface area (Å²) in [4.78, 5) is 26.5. The molecule has 3 amide bonds. The molecule has 0 spiro atoms. The number of nitrogens with one attached hydrogen (secondary N) is 2. The summed E-state index contributed by atoms with van der Waals surface area (Å²) in [5.74, 6) is 0.121. The van der Waals surface area contributed by atoms with Crippen LogP contribution in [0.2, 0.25) is 0 Å². The average molecular weight is 379 g/mol. The number of hydrogen-bond donors (Lipinski definition) is 3. The van der Waals surface area contributed by atoms with Crippen LogP contribution >= 0.6 is 0 Å². The van der Waals surface area contributed by atoms with Gasteiger partial charge in [0, 0.05) is 30.4 Å². The van der Waals surface area contributed by atoms with Crippen LogP contribution in [-0.2, 0) is 6.42 Å². The van der Waals surface area contributed by atoms with Crippen molar-refractivity contribution in [1.29, 1.82) is 0 Å². The van der Waals surface area contributed by atoms with Crippen LogP contribution in [0.3, 0.4) is 0 Å². The lowest BCUT2D eigenvalue weighted by molar-refractivity contribution is 0.0239. The highest BCUT2D eigenvalue weighted by Gasteiger charge is 2.35. The minimum absolute atomic E-state index is 0.0305. The van der Waals surface area contributed by atoms with Gasteiger partial charge in [-0.1, -0.05) is 36.4 Å². The van der Waals surface area contributed by atoms with E-state index in [2.05, 4.69) is 22.8 Å². The summed E-state index contributed by atoms with van der Waals surface area (Å²) in [5.41, 5.74) is 2.42. The number of hydrogen-bond acceptors (Lipinski definition) is 3. The summed E-state index contributed by atoms with van der Waals surface area (Å²) < 4.78 is 0. The fraction of sp³-hybridized carbons (Fsp3) is 0.364. The third kappa shape index (κ3) is 4.02. The van der Waals surface area contributed by atoms with E-state index in [9.17, 15) is 14.7 Å². The summed E-state index contributed by atoms with van der Waals surface area (Å²) >= 11 is 0. The number of nitrogens with zero attached hydrogens (tertiary/aromatic N) is 1. The SMILES string of the molecule is O=C(NC(Cc1ccccc1)C1CC(O)C1)c1cccc(N2CCNC2=O)c1. The summed E-state index contributed by atoms with van der Waals surface area (Å²) in [6.45, 7) is 1.21. The molecule has 1 aliphatic heterocycles. The predicted molar refractivity (Wildman–Crippen MR) is 107 cm³/mol. The number of carbonyl (C=O) groups is 2. The Bertz CT molecular complexity index is 849. The molecule has 1 aliphatic carbocycles. The van der Waals surface area contributed by atoms with Gasteiger partial charge in [0.05, 0.1) is 6.10 Å². The quantitative estimate of drug-likeness (QED) is 0.721. The zero-order valence-corrected chi connectivity index (χ0v) is 15.7. The number of urea groups is 1. The Balaban J connectivity index is 1.48. The monoisotopic (exact) mass is 379 g/mol. The van der Waals surface area contributed by atoms with Crippen LogP contribution in [-0.4, -0.2) is 42.3 Å². The smallest absolute Gasteiger partial charge is 0.321 e. The molecule has 1 saturated heterocycles. The molecule has 2 aromatic rings. The molecule has 2 aromatic carbocycles. The summed E-state index contributed by atoms with van der Waals surface area (Å²) in [6.07, 6.45) is 1.90. The number of anilines is 1. The maximum atomic E-state index is 12.9. The molecule has 0 aromatic heterocycles. The van der Waals surface area contributed by atoms with Gasteiger partial charge in [-0.2, -0.15) is 0 Å². The van der Waals surface area contributed by atoms with E-state index in [-0.39, 0.29) is 30.0 Å². The first kappa shape index (κ1) is 18.5. The molecular formula is C22H25N3O3. The lowest BCUT2D eigenvalue weighted by Crippen LogP contribution is -2.48. The minimum atomic E-state index is -0.266. The van der Waals surface area contributed by atoms with Crippen molar-refractivity contribution in [3.8, 4) is 0 Å². The second kappa shape index (κ2) is 8.02. The van der Waals surface area contributed by atoms with Crippen molar-refractivity contribution in [1.82, 2.24) is 10.6 Å². The highest BCUT2D eigenvalue weighted by Crippen LogP contribution is 2.32. The fourth-order valence-electron chi connectivity index (χ4n) is 3.95. The Morgan fingerprint density at radius 1 is 1.18 bits per heavy atom. The van der Waals surface area contributed by atoms with Gasteiger partial charge in [0.1, 0.15) is 0 Å². The fourth-order valence-corrected chi connectivity index (χ4v) is 3.95. The normalized spacial score (nSPS) is 22.3. The maximum Gasteiger partial charge on any atom is 0.321 e. The topological polar surface area (TPSA) is 81.7 Å². The highest BCUT2D eigenvalue weighted by atomic mass is 16.3. The van der Waals surface area contributed by atoms with E-state index in [1.54, 1.807) is 23.1 Å². The predicted octanol–water partition coefficient (Wildman–Crippen LogP) is 2.33. The van der Waals surface area contributed by atoms with Gasteiger partial charge in [-0.15, -0.1) is 0 Å². The van der Waals surface area contributed by atoms with Crippen molar-refractivity contribution in [2.24, 2.45) is 5.92 Å². The van der Waals surface area contributed by atoms with Crippen molar-refractivity contribution in [3.63, 3.8) is 0 Å². The second-order valence-corrected chi connectivity index (χ2v) is 7.59. The van der Waals surface area contributed by atoms with Crippen LogP contribution in [0.1, 0.15) is 28.8 Å². The van der Waals surface area contributed by atoms with E-state index in [0.717, 1.165) is 17.7 Å². The van der Waals surface area contributed by atoms with Crippen LogP contribution in [0.4, 0.5) is 10.5 Å². The molecule has 4 rings (SSSR count). The van der Waals surface area contributed by atoms with E-state index in [0.29, 0.717) is 31.5 Å². The molecule has 0 radical (unpaired) electrons. The first-order valence-electron chi connectivity index (χ1n) is 9.78. The Hall–Kier alpha value is -2.86. The Kier molecular flexibility index (Phi) is 5.30. The zero-order valence-electron chi connectivity index (χ0n) is 15.7. The van der Waals surface area contributed by atoms with Gasteiger partial charge >= 0.3 is 6.03 Å². The van der Waals surface area contributed by atoms with Crippen molar-refractivity contribution in [2.75, 3.05) is 18.0 Å². The van der Waals surface area contributed by atoms with Gasteiger partial charge in [-0.3, -0.25) is 9.69 Å². The molecule has 6 nitrogen and oxygen atoms in total. The van der Waals surface area contributed by atoms with E-state index in [1.165, 1.54) is 0 Å². The van der Waals surface area contributed by atoms with E-state index >= 15 is 0 Å². The first-order valence-corrected chi connectivity index (χ1v) is 9.78. The molecule has 1 heterocycles. The molecule has 2 aliphatic rings. The molecule has 2 fully saturated rings. The van der Waals surface area contributed by atoms with Gasteiger partial charge in [-0.05, 0) is 48.9 Å². The number of aliphatic hydroxyl groups excluding tert-OH is 1. The third-order valence-electron chi connectivity index (χ3n) is 5.61.